The van der Waals surface area contributed by atoms with Crippen LogP contribution in [-0.2, 0) is 0 Å². The van der Waals surface area contributed by atoms with Crippen molar-refractivity contribution in [1.82, 2.24) is 5.32 Å². The first-order chi connectivity index (χ1) is 4.74. The molecule has 2 nitrogen and oxygen atoms in total. The Balaban J connectivity index is 2.85. The van der Waals surface area contributed by atoms with E-state index >= 15 is 0 Å². The van der Waals surface area contributed by atoms with Gasteiger partial charge >= 0.3 is 0 Å². The minimum absolute atomic E-state index is 0.646. The molecule has 0 aliphatic carbocycles. The van der Waals surface area contributed by atoms with Crippen LogP contribution in [0.15, 0.2) is 16.5 Å². The number of hydrogen-bond donors (Lipinski definition) is 1. The Morgan fingerprint density at radius 2 is 2.30 bits per heavy atom. The van der Waals surface area contributed by atoms with Gasteiger partial charge in [0.05, 0.1) is 0 Å². The molecule has 1 aromatic rings. The van der Waals surface area contributed by atoms with Gasteiger partial charge in [-0.2, -0.15) is 0 Å². The minimum Gasteiger partial charge on any atom is -0.459 e. The van der Waals surface area contributed by atoms with Gasteiger partial charge in [0.2, 0.25) is 0 Å². The zero-order valence-corrected chi connectivity index (χ0v) is 6.79. The van der Waals surface area contributed by atoms with Crippen molar-refractivity contribution in [2.75, 3.05) is 7.05 Å². The number of thiocarbonyl (C=S) groups is 1. The van der Waals surface area contributed by atoms with Crippen LogP contribution in [0.2, 0.25) is 0 Å². The van der Waals surface area contributed by atoms with E-state index in [1.54, 1.807) is 7.05 Å². The lowest BCUT2D eigenvalue weighted by Crippen LogP contribution is -2.15. The van der Waals surface area contributed by atoms with Crippen LogP contribution >= 0.6 is 12.2 Å². The molecule has 10 heavy (non-hydrogen) atoms. The highest BCUT2D eigenvalue weighted by Crippen LogP contribution is 2.05. The molecule has 0 saturated carbocycles. The fraction of sp³-hybridized carbons (Fsp3) is 0.286. The minimum atomic E-state index is 0.646. The lowest BCUT2D eigenvalue weighted by Gasteiger charge is -1.95. The molecule has 0 aliphatic rings. The molecule has 0 radical (unpaired) electrons. The maximum absolute atomic E-state index is 5.23. The lowest BCUT2D eigenvalue weighted by atomic mass is 10.4. The summed E-state index contributed by atoms with van der Waals surface area (Å²) in [6, 6.07) is 3.74. The fourth-order valence-corrected chi connectivity index (χ4v) is 0.789. The largest absolute Gasteiger partial charge is 0.459 e. The average molecular weight is 155 g/mol. The van der Waals surface area contributed by atoms with Crippen LogP contribution in [0.25, 0.3) is 0 Å². The van der Waals surface area contributed by atoms with Gasteiger partial charge in [0.1, 0.15) is 10.7 Å². The normalized spacial score (nSPS) is 9.40. The zero-order valence-electron chi connectivity index (χ0n) is 5.97. The molecule has 1 aromatic heterocycles. The van der Waals surface area contributed by atoms with E-state index in [2.05, 4.69) is 5.32 Å². The zero-order chi connectivity index (χ0) is 7.56. The van der Waals surface area contributed by atoms with Crippen molar-refractivity contribution >= 4 is 17.2 Å². The fourth-order valence-electron chi connectivity index (χ4n) is 0.680. The van der Waals surface area contributed by atoms with Gasteiger partial charge in [-0.3, -0.25) is 0 Å². The van der Waals surface area contributed by atoms with Crippen LogP contribution in [0.5, 0.6) is 0 Å². The molecule has 0 spiro atoms. The summed E-state index contributed by atoms with van der Waals surface area (Å²) in [7, 11) is 1.78. The molecule has 0 fully saturated rings. The van der Waals surface area contributed by atoms with E-state index in [0.29, 0.717) is 4.99 Å². The van der Waals surface area contributed by atoms with Crippen molar-refractivity contribution in [2.24, 2.45) is 0 Å². The topological polar surface area (TPSA) is 25.2 Å². The van der Waals surface area contributed by atoms with E-state index in [0.717, 1.165) is 11.5 Å². The first-order valence-corrected chi connectivity index (χ1v) is 3.43. The average Bonchev–Trinajstić information content (AvgIpc) is 2.34. The maximum Gasteiger partial charge on any atom is 0.161 e. The van der Waals surface area contributed by atoms with Crippen molar-refractivity contribution in [1.29, 1.82) is 0 Å². The lowest BCUT2D eigenvalue weighted by molar-refractivity contribution is 0.525. The molecule has 0 atom stereocenters. The van der Waals surface area contributed by atoms with Crippen LogP contribution in [0.4, 0.5) is 0 Å². The summed E-state index contributed by atoms with van der Waals surface area (Å²) in [5, 5.41) is 2.83. The summed E-state index contributed by atoms with van der Waals surface area (Å²) in [5.74, 6) is 1.61. The van der Waals surface area contributed by atoms with Crippen LogP contribution < -0.4 is 5.32 Å². The molecular formula is C7H9NOS. The van der Waals surface area contributed by atoms with Gasteiger partial charge in [-0.05, 0) is 19.1 Å². The summed E-state index contributed by atoms with van der Waals surface area (Å²) in [6.45, 7) is 1.89. The SMILES string of the molecule is CNC(=S)c1ccc(C)o1. The van der Waals surface area contributed by atoms with Gasteiger partial charge in [-0.15, -0.1) is 0 Å². The summed E-state index contributed by atoms with van der Waals surface area (Å²) < 4.78 is 5.23. The first kappa shape index (κ1) is 7.28. The third-order valence-corrected chi connectivity index (χ3v) is 1.60. The molecule has 54 valence electrons. The Morgan fingerprint density at radius 3 is 2.70 bits per heavy atom. The quantitative estimate of drug-likeness (QED) is 0.622. The van der Waals surface area contributed by atoms with Crippen molar-refractivity contribution < 1.29 is 4.42 Å². The summed E-state index contributed by atoms with van der Waals surface area (Å²) in [6.07, 6.45) is 0. The molecule has 3 heteroatoms. The van der Waals surface area contributed by atoms with Gasteiger partial charge in [-0.1, -0.05) is 12.2 Å². The molecule has 0 aromatic carbocycles. The van der Waals surface area contributed by atoms with Gasteiger partial charge in [-0.25, -0.2) is 0 Å². The molecular weight excluding hydrogens is 146 g/mol. The predicted octanol–water partition coefficient (Wildman–Crippen LogP) is 1.48. The van der Waals surface area contributed by atoms with Crippen LogP contribution in [0, 0.1) is 6.92 Å². The highest BCUT2D eigenvalue weighted by Gasteiger charge is 2.01. The van der Waals surface area contributed by atoms with E-state index in [4.69, 9.17) is 16.6 Å². The number of nitrogens with one attached hydrogen (secondary N) is 1. The standard InChI is InChI=1S/C7H9NOS/c1-5-3-4-6(9-5)7(10)8-2/h3-4H,1-2H3,(H,8,10). The van der Waals surface area contributed by atoms with E-state index < -0.39 is 0 Å². The highest BCUT2D eigenvalue weighted by atomic mass is 32.1. The summed E-state index contributed by atoms with van der Waals surface area (Å²) >= 11 is 4.93. The number of hydrogen-bond acceptors (Lipinski definition) is 2. The number of furan rings is 1. The Hall–Kier alpha value is -0.830. The third kappa shape index (κ3) is 1.36. The molecule has 1 rings (SSSR count). The third-order valence-electron chi connectivity index (χ3n) is 1.19. The second-order valence-corrected chi connectivity index (χ2v) is 2.40. The van der Waals surface area contributed by atoms with Crippen LogP contribution in [0.3, 0.4) is 0 Å². The smallest absolute Gasteiger partial charge is 0.161 e. The molecule has 0 unspecified atom stereocenters. The summed E-state index contributed by atoms with van der Waals surface area (Å²) in [5.41, 5.74) is 0. The molecule has 1 heterocycles. The van der Waals surface area contributed by atoms with E-state index in [9.17, 15) is 0 Å². The van der Waals surface area contributed by atoms with E-state index in [1.165, 1.54) is 0 Å². The maximum atomic E-state index is 5.23. The Kier molecular flexibility index (Phi) is 2.06. The van der Waals surface area contributed by atoms with Crippen molar-refractivity contribution in [3.05, 3.63) is 23.7 Å². The highest BCUT2D eigenvalue weighted by molar-refractivity contribution is 7.80. The molecule has 1 N–H and O–H groups in total. The Morgan fingerprint density at radius 1 is 1.60 bits per heavy atom. The first-order valence-electron chi connectivity index (χ1n) is 3.02. The number of rotatable bonds is 1. The van der Waals surface area contributed by atoms with E-state index in [1.807, 2.05) is 19.1 Å². The van der Waals surface area contributed by atoms with E-state index in [-0.39, 0.29) is 0 Å². The molecule has 0 saturated heterocycles. The second-order valence-electron chi connectivity index (χ2n) is 1.99. The van der Waals surface area contributed by atoms with Crippen molar-refractivity contribution in [2.45, 2.75) is 6.92 Å². The second kappa shape index (κ2) is 2.84. The van der Waals surface area contributed by atoms with Gasteiger partial charge in [0.25, 0.3) is 0 Å². The van der Waals surface area contributed by atoms with Crippen LogP contribution in [0.1, 0.15) is 11.5 Å². The molecule has 0 amide bonds. The van der Waals surface area contributed by atoms with Crippen molar-refractivity contribution in [3.8, 4) is 0 Å². The van der Waals surface area contributed by atoms with Gasteiger partial charge < -0.3 is 9.73 Å². The van der Waals surface area contributed by atoms with Gasteiger partial charge in [0.15, 0.2) is 5.76 Å². The Bertz CT molecular complexity index is 242. The van der Waals surface area contributed by atoms with Crippen molar-refractivity contribution in [3.63, 3.8) is 0 Å². The Labute approximate surface area is 65.2 Å². The molecule has 0 bridgehead atoms. The van der Waals surface area contributed by atoms with Gasteiger partial charge in [0, 0.05) is 7.05 Å². The molecule has 0 aliphatic heterocycles. The number of aryl methyl sites for hydroxylation is 1. The predicted molar refractivity (Wildman–Crippen MR) is 44.2 cm³/mol. The summed E-state index contributed by atoms with van der Waals surface area (Å²) in [4.78, 5) is 0.646. The monoisotopic (exact) mass is 155 g/mol. The van der Waals surface area contributed by atoms with Crippen LogP contribution in [-0.4, -0.2) is 12.0 Å².